The van der Waals surface area contributed by atoms with Gasteiger partial charge in [-0.3, -0.25) is 9.11 Å². The van der Waals surface area contributed by atoms with Crippen LogP contribution >= 0.6 is 11.6 Å². The van der Waals surface area contributed by atoms with Gasteiger partial charge in [-0.2, -0.15) is 16.8 Å². The van der Waals surface area contributed by atoms with Crippen molar-refractivity contribution in [2.75, 3.05) is 11.4 Å². The number of fused-ring (bicyclic) bond motifs is 1. The van der Waals surface area contributed by atoms with Gasteiger partial charge in [-0.25, -0.2) is 4.79 Å². The molecular formula is C43H48ClNO8S2. The van der Waals surface area contributed by atoms with Crippen molar-refractivity contribution in [3.05, 3.63) is 141 Å². The summed E-state index contributed by atoms with van der Waals surface area (Å²) in [5.41, 5.74) is 7.06. The predicted molar refractivity (Wildman–Crippen MR) is 219 cm³/mol. The van der Waals surface area contributed by atoms with E-state index in [9.17, 15) is 35.8 Å². The second-order valence-corrected chi connectivity index (χ2v) is 18.5. The van der Waals surface area contributed by atoms with Gasteiger partial charge in [-0.05, 0) is 120 Å². The van der Waals surface area contributed by atoms with Crippen LogP contribution in [0, 0.1) is 6.92 Å². The standard InChI is InChI=1S/C43H48ClNO8S2/c1-8-9-23-45-38-21-19-33(55(51,52)53)26-36(38)43(6,7)39(45)22-17-30-12-10-11-29(40(30)34-20-16-31(41(46)47)24-37(34)44)15-14-28(3)42(4,5)35-25-32(54(48,49)50)18-13-27(35)2/h13-22,24-26H,3,8-12,23H2,1-2,4-7H3,(H,46,47)(H,48,49,50)(H,51,52,53)/b15-14+,30-17+,39-22+. The van der Waals surface area contributed by atoms with E-state index in [-0.39, 0.29) is 20.4 Å². The third-order valence-electron chi connectivity index (χ3n) is 10.8. The van der Waals surface area contributed by atoms with Gasteiger partial charge >= 0.3 is 5.97 Å². The van der Waals surface area contributed by atoms with Crippen LogP contribution in [0.25, 0.3) is 5.57 Å². The van der Waals surface area contributed by atoms with Crippen LogP contribution in [0.5, 0.6) is 0 Å². The number of carboxylic acid groups (broad SMARTS) is 1. The van der Waals surface area contributed by atoms with Gasteiger partial charge < -0.3 is 10.0 Å². The lowest BCUT2D eigenvalue weighted by Crippen LogP contribution is -2.27. The largest absolute Gasteiger partial charge is 0.478 e. The molecule has 55 heavy (non-hydrogen) atoms. The number of hydrogen-bond acceptors (Lipinski definition) is 6. The average molecular weight is 806 g/mol. The van der Waals surface area contributed by atoms with Crippen LogP contribution in [0.1, 0.15) is 99.3 Å². The Hall–Kier alpha value is -4.26. The lowest BCUT2D eigenvalue weighted by Gasteiger charge is -2.29. The molecule has 12 heteroatoms. The van der Waals surface area contributed by atoms with Crippen LogP contribution < -0.4 is 4.90 Å². The number of aryl methyl sites for hydroxylation is 1. The smallest absolute Gasteiger partial charge is 0.335 e. The summed E-state index contributed by atoms with van der Waals surface area (Å²) in [6, 6.07) is 13.9. The Balaban J connectivity index is 1.66. The molecule has 0 unspecified atom stereocenters. The number of hydrogen-bond donors (Lipinski definition) is 3. The highest BCUT2D eigenvalue weighted by Crippen LogP contribution is 2.49. The fraction of sp³-hybridized carbons (Fsp3) is 0.326. The van der Waals surface area contributed by atoms with E-state index in [4.69, 9.17) is 11.6 Å². The highest BCUT2D eigenvalue weighted by molar-refractivity contribution is 7.86. The van der Waals surface area contributed by atoms with Crippen LogP contribution in [0.3, 0.4) is 0 Å². The van der Waals surface area contributed by atoms with Crippen molar-refractivity contribution < 1.29 is 35.8 Å². The van der Waals surface area contributed by atoms with E-state index in [0.717, 1.165) is 58.5 Å². The minimum absolute atomic E-state index is 0.0637. The summed E-state index contributed by atoms with van der Waals surface area (Å²) in [5, 5.41) is 9.96. The highest BCUT2D eigenvalue weighted by atomic mass is 35.5. The minimum Gasteiger partial charge on any atom is -0.478 e. The van der Waals surface area contributed by atoms with Crippen molar-refractivity contribution in [1.82, 2.24) is 0 Å². The van der Waals surface area contributed by atoms with Crippen LogP contribution in [-0.2, 0) is 31.1 Å². The molecular weight excluding hydrogens is 758 g/mol. The third-order valence-corrected chi connectivity index (χ3v) is 12.8. The minimum atomic E-state index is -4.42. The number of anilines is 1. The maximum absolute atomic E-state index is 12.1. The third kappa shape index (κ3) is 8.61. The van der Waals surface area contributed by atoms with Crippen molar-refractivity contribution in [1.29, 1.82) is 0 Å². The van der Waals surface area contributed by atoms with Gasteiger partial charge in [0.2, 0.25) is 0 Å². The SMILES string of the molecule is C=C(/C=C/C1=C(c2ccc(C(=O)O)cc2Cl)C(=C/C=C2/N(CCCC)c3ccc(S(=O)(=O)O)cc3C2(C)C)/CCC1)C(C)(C)c1cc(S(=O)(=O)O)ccc1C. The van der Waals surface area contributed by atoms with Gasteiger partial charge in [0.15, 0.2) is 0 Å². The summed E-state index contributed by atoms with van der Waals surface area (Å²) in [6.45, 7) is 17.0. The fourth-order valence-corrected chi connectivity index (χ4v) is 8.81. The molecule has 3 N–H and O–H groups in total. The first-order valence-corrected chi connectivity index (χ1v) is 21.4. The van der Waals surface area contributed by atoms with E-state index >= 15 is 0 Å². The van der Waals surface area contributed by atoms with E-state index < -0.39 is 37.0 Å². The first kappa shape index (κ1) is 41.9. The molecule has 1 aliphatic heterocycles. The number of carboxylic acids is 1. The van der Waals surface area contributed by atoms with E-state index in [1.807, 2.05) is 46.8 Å². The van der Waals surface area contributed by atoms with E-state index in [1.54, 1.807) is 24.3 Å². The Labute approximate surface area is 329 Å². The number of unbranched alkanes of at least 4 members (excludes halogenated alkanes) is 1. The molecule has 3 aromatic rings. The van der Waals surface area contributed by atoms with Crippen molar-refractivity contribution in [2.24, 2.45) is 0 Å². The summed E-state index contributed by atoms with van der Waals surface area (Å²) in [7, 11) is -8.83. The molecule has 1 heterocycles. The highest BCUT2D eigenvalue weighted by Gasteiger charge is 2.40. The number of nitrogens with zero attached hydrogens (tertiary/aromatic N) is 1. The molecule has 0 atom stereocenters. The maximum atomic E-state index is 12.1. The Morgan fingerprint density at radius 1 is 0.964 bits per heavy atom. The first-order valence-electron chi connectivity index (χ1n) is 18.1. The number of rotatable bonds is 12. The Kier molecular flexibility index (Phi) is 12.0. The Bertz CT molecular complexity index is 2420. The lowest BCUT2D eigenvalue weighted by atomic mass is 9.75. The Morgan fingerprint density at radius 3 is 2.24 bits per heavy atom. The normalized spacial score (nSPS) is 17.7. The number of benzene rings is 3. The molecule has 9 nitrogen and oxygen atoms in total. The number of carbonyl (C=O) groups is 1. The van der Waals surface area contributed by atoms with E-state index in [2.05, 4.69) is 30.6 Å². The number of aromatic carboxylic acids is 1. The van der Waals surface area contributed by atoms with Crippen LogP contribution in [0.4, 0.5) is 5.69 Å². The summed E-state index contributed by atoms with van der Waals surface area (Å²) in [4.78, 5) is 13.7. The zero-order valence-electron chi connectivity index (χ0n) is 32.0. The topological polar surface area (TPSA) is 149 Å². The molecule has 1 aliphatic carbocycles. The molecule has 0 amide bonds. The quantitative estimate of drug-likeness (QED) is 0.120. The van der Waals surface area contributed by atoms with Gasteiger partial charge in [0.1, 0.15) is 0 Å². The van der Waals surface area contributed by atoms with Crippen molar-refractivity contribution >= 4 is 49.1 Å². The van der Waals surface area contributed by atoms with E-state index in [1.165, 1.54) is 30.3 Å². The molecule has 0 fully saturated rings. The number of allylic oxidation sites excluding steroid dienone is 9. The summed E-state index contributed by atoms with van der Waals surface area (Å²) < 4.78 is 67.8. The van der Waals surface area contributed by atoms with Crippen LogP contribution in [0.2, 0.25) is 5.02 Å². The molecule has 5 rings (SSSR count). The summed E-state index contributed by atoms with van der Waals surface area (Å²) in [5.74, 6) is -1.09. The van der Waals surface area contributed by atoms with Crippen molar-refractivity contribution in [3.63, 3.8) is 0 Å². The van der Waals surface area contributed by atoms with Gasteiger partial charge in [0.05, 0.1) is 15.4 Å². The van der Waals surface area contributed by atoms with E-state index in [0.29, 0.717) is 36.1 Å². The van der Waals surface area contributed by atoms with Crippen LogP contribution in [-0.4, -0.2) is 43.6 Å². The van der Waals surface area contributed by atoms with Gasteiger partial charge in [-0.1, -0.05) is 89.6 Å². The zero-order chi connectivity index (χ0) is 40.7. The lowest BCUT2D eigenvalue weighted by molar-refractivity contribution is 0.0696. The molecule has 0 aromatic heterocycles. The zero-order valence-corrected chi connectivity index (χ0v) is 34.4. The molecule has 0 saturated heterocycles. The maximum Gasteiger partial charge on any atom is 0.335 e. The number of halogens is 1. The molecule has 0 radical (unpaired) electrons. The second-order valence-electron chi connectivity index (χ2n) is 15.2. The fourth-order valence-electron chi connectivity index (χ4n) is 7.52. The van der Waals surface area contributed by atoms with Crippen molar-refractivity contribution in [2.45, 2.75) is 94.3 Å². The van der Waals surface area contributed by atoms with Gasteiger partial charge in [0, 0.05) is 39.3 Å². The summed E-state index contributed by atoms with van der Waals surface area (Å²) >= 11 is 6.86. The molecule has 292 valence electrons. The first-order chi connectivity index (χ1) is 25.6. The monoisotopic (exact) mass is 805 g/mol. The molecule has 3 aromatic carbocycles. The predicted octanol–water partition coefficient (Wildman–Crippen LogP) is 10.3. The second kappa shape index (κ2) is 15.7. The van der Waals surface area contributed by atoms with Crippen LogP contribution in [0.15, 0.2) is 118 Å². The average Bonchev–Trinajstić information content (AvgIpc) is 3.32. The Morgan fingerprint density at radius 2 is 1.62 bits per heavy atom. The van der Waals surface area contributed by atoms with Crippen molar-refractivity contribution in [3.8, 4) is 0 Å². The van der Waals surface area contributed by atoms with Gasteiger partial charge in [-0.15, -0.1) is 0 Å². The van der Waals surface area contributed by atoms with Gasteiger partial charge in [0.25, 0.3) is 20.2 Å². The molecule has 2 aliphatic rings. The molecule has 0 saturated carbocycles. The molecule has 0 bridgehead atoms. The molecule has 0 spiro atoms. The summed E-state index contributed by atoms with van der Waals surface area (Å²) in [6.07, 6.45) is 12.1.